The Kier molecular flexibility index (Phi) is 4.91. The van der Waals surface area contributed by atoms with Crippen molar-refractivity contribution in [1.29, 1.82) is 0 Å². The molecule has 5 nitrogen and oxygen atoms in total. The highest BCUT2D eigenvalue weighted by Gasteiger charge is 2.32. The molecule has 3 rings (SSSR count). The summed E-state index contributed by atoms with van der Waals surface area (Å²) >= 11 is 1.95. The number of benzene rings is 1. The molecule has 2 amide bonds. The molecule has 0 aromatic heterocycles. The van der Waals surface area contributed by atoms with Crippen LogP contribution in [0.5, 0.6) is 0 Å². The van der Waals surface area contributed by atoms with Crippen LogP contribution in [0.25, 0.3) is 5.57 Å². The minimum Gasteiger partial charge on any atom is -0.442 e. The summed E-state index contributed by atoms with van der Waals surface area (Å²) in [6.45, 7) is 2.25. The van der Waals surface area contributed by atoms with Crippen LogP contribution >= 0.6 is 11.8 Å². The van der Waals surface area contributed by atoms with Gasteiger partial charge in [-0.25, -0.2) is 4.79 Å². The van der Waals surface area contributed by atoms with Gasteiger partial charge in [0.2, 0.25) is 5.91 Å². The first-order chi connectivity index (χ1) is 11.1. The van der Waals surface area contributed by atoms with E-state index in [0.29, 0.717) is 13.1 Å². The fraction of sp³-hybridized carbons (Fsp3) is 0.412. The molecule has 0 bridgehead atoms. The SMILES string of the molecule is CC(=O)NC[C@H]1CN(c2ccc(C3=CCSCC3)cc2)C(=O)O1. The van der Waals surface area contributed by atoms with E-state index >= 15 is 0 Å². The summed E-state index contributed by atoms with van der Waals surface area (Å²) in [5, 5.41) is 2.68. The summed E-state index contributed by atoms with van der Waals surface area (Å²) in [5.74, 6) is 2.11. The topological polar surface area (TPSA) is 58.6 Å². The molecule has 1 aromatic rings. The van der Waals surface area contributed by atoms with Crippen molar-refractivity contribution in [3.05, 3.63) is 35.9 Å². The Labute approximate surface area is 140 Å². The lowest BCUT2D eigenvalue weighted by molar-refractivity contribution is -0.119. The lowest BCUT2D eigenvalue weighted by Gasteiger charge is -2.16. The Hall–Kier alpha value is -1.95. The maximum atomic E-state index is 12.0. The zero-order valence-corrected chi connectivity index (χ0v) is 13.9. The van der Waals surface area contributed by atoms with Crippen LogP contribution in [0.4, 0.5) is 10.5 Å². The van der Waals surface area contributed by atoms with Crippen molar-refractivity contribution in [2.24, 2.45) is 0 Å². The standard InChI is InChI=1S/C17H20N2O3S/c1-12(20)18-10-16-11-19(17(21)22-16)15-4-2-13(3-5-15)14-6-8-23-9-7-14/h2-6,16H,7-11H2,1H3,(H,18,20)/t16-/m0/s1. The van der Waals surface area contributed by atoms with Crippen molar-refractivity contribution in [3.63, 3.8) is 0 Å². The number of rotatable bonds is 4. The summed E-state index contributed by atoms with van der Waals surface area (Å²) in [4.78, 5) is 24.6. The quantitative estimate of drug-likeness (QED) is 0.921. The van der Waals surface area contributed by atoms with E-state index in [0.717, 1.165) is 23.6 Å². The number of anilines is 1. The molecule has 1 atom stereocenters. The summed E-state index contributed by atoms with van der Waals surface area (Å²) in [6.07, 6.45) is 2.70. The van der Waals surface area contributed by atoms with Crippen LogP contribution in [0.2, 0.25) is 0 Å². The van der Waals surface area contributed by atoms with E-state index in [2.05, 4.69) is 23.5 Å². The number of hydrogen-bond acceptors (Lipinski definition) is 4. The van der Waals surface area contributed by atoms with Gasteiger partial charge in [-0.1, -0.05) is 18.2 Å². The van der Waals surface area contributed by atoms with Crippen LogP contribution in [0.3, 0.4) is 0 Å². The molecule has 0 unspecified atom stereocenters. The molecule has 23 heavy (non-hydrogen) atoms. The number of carbonyl (C=O) groups excluding carboxylic acids is 2. The zero-order chi connectivity index (χ0) is 16.2. The van der Waals surface area contributed by atoms with Crippen LogP contribution in [0.15, 0.2) is 30.3 Å². The molecule has 122 valence electrons. The molecule has 2 aliphatic rings. The van der Waals surface area contributed by atoms with Gasteiger partial charge in [-0.2, -0.15) is 11.8 Å². The number of cyclic esters (lactones) is 1. The molecule has 0 radical (unpaired) electrons. The van der Waals surface area contributed by atoms with Crippen LogP contribution < -0.4 is 10.2 Å². The number of nitrogens with one attached hydrogen (secondary N) is 1. The molecule has 1 aromatic carbocycles. The Morgan fingerprint density at radius 3 is 2.83 bits per heavy atom. The Balaban J connectivity index is 1.66. The van der Waals surface area contributed by atoms with Crippen molar-refractivity contribution in [2.75, 3.05) is 29.5 Å². The molecule has 2 aliphatic heterocycles. The fourth-order valence-corrected chi connectivity index (χ4v) is 3.59. The third-order valence-corrected chi connectivity index (χ3v) is 4.86. The minimum absolute atomic E-state index is 0.122. The first-order valence-electron chi connectivity index (χ1n) is 7.73. The van der Waals surface area contributed by atoms with Crippen LogP contribution in [0.1, 0.15) is 18.9 Å². The summed E-state index contributed by atoms with van der Waals surface area (Å²) in [5.41, 5.74) is 3.43. The highest BCUT2D eigenvalue weighted by atomic mass is 32.2. The first-order valence-corrected chi connectivity index (χ1v) is 8.89. The second-order valence-electron chi connectivity index (χ2n) is 5.65. The van der Waals surface area contributed by atoms with Crippen LogP contribution in [0, 0.1) is 0 Å². The molecule has 1 fully saturated rings. The second-order valence-corrected chi connectivity index (χ2v) is 6.80. The monoisotopic (exact) mass is 332 g/mol. The van der Waals surface area contributed by atoms with Crippen LogP contribution in [-0.2, 0) is 9.53 Å². The van der Waals surface area contributed by atoms with Gasteiger partial charge < -0.3 is 10.1 Å². The smallest absolute Gasteiger partial charge is 0.414 e. The molecule has 1 N–H and O–H groups in total. The minimum atomic E-state index is -0.360. The third-order valence-electron chi connectivity index (χ3n) is 3.97. The van der Waals surface area contributed by atoms with Gasteiger partial charge in [0.15, 0.2) is 0 Å². The lowest BCUT2D eigenvalue weighted by atomic mass is 10.0. The predicted molar refractivity (Wildman–Crippen MR) is 92.7 cm³/mol. The van der Waals surface area contributed by atoms with E-state index in [1.54, 1.807) is 4.90 Å². The summed E-state index contributed by atoms with van der Waals surface area (Å²) in [7, 11) is 0. The summed E-state index contributed by atoms with van der Waals surface area (Å²) in [6, 6.07) is 8.04. The normalized spacial score (nSPS) is 20.9. The van der Waals surface area contributed by atoms with E-state index in [1.807, 2.05) is 23.9 Å². The number of nitrogens with zero attached hydrogens (tertiary/aromatic N) is 1. The molecular formula is C17H20N2O3S. The van der Waals surface area contributed by atoms with Crippen molar-refractivity contribution in [3.8, 4) is 0 Å². The average Bonchev–Trinajstić information content (AvgIpc) is 2.95. The van der Waals surface area contributed by atoms with Crippen LogP contribution in [-0.4, -0.2) is 42.7 Å². The zero-order valence-electron chi connectivity index (χ0n) is 13.1. The van der Waals surface area contributed by atoms with Gasteiger partial charge in [-0.3, -0.25) is 9.69 Å². The van der Waals surface area contributed by atoms with Gasteiger partial charge in [0.05, 0.1) is 13.1 Å². The Morgan fingerprint density at radius 2 is 2.17 bits per heavy atom. The molecule has 2 heterocycles. The second kappa shape index (κ2) is 7.08. The van der Waals surface area contributed by atoms with Crippen molar-refractivity contribution >= 4 is 35.0 Å². The molecule has 0 aliphatic carbocycles. The van der Waals surface area contributed by atoms with E-state index in [9.17, 15) is 9.59 Å². The van der Waals surface area contributed by atoms with Gasteiger partial charge >= 0.3 is 6.09 Å². The molecule has 6 heteroatoms. The van der Waals surface area contributed by atoms with Gasteiger partial charge in [-0.05, 0) is 35.4 Å². The Bertz CT molecular complexity index is 627. The predicted octanol–water partition coefficient (Wildman–Crippen LogP) is 2.67. The van der Waals surface area contributed by atoms with Gasteiger partial charge in [0.25, 0.3) is 0 Å². The lowest BCUT2D eigenvalue weighted by Crippen LogP contribution is -2.33. The highest BCUT2D eigenvalue weighted by Crippen LogP contribution is 2.28. The van der Waals surface area contributed by atoms with Crippen molar-refractivity contribution in [1.82, 2.24) is 5.32 Å². The van der Waals surface area contributed by atoms with Gasteiger partial charge in [-0.15, -0.1) is 0 Å². The van der Waals surface area contributed by atoms with E-state index < -0.39 is 0 Å². The molecule has 1 saturated heterocycles. The van der Waals surface area contributed by atoms with Crippen molar-refractivity contribution in [2.45, 2.75) is 19.4 Å². The maximum Gasteiger partial charge on any atom is 0.414 e. The molecule has 0 spiro atoms. The van der Waals surface area contributed by atoms with E-state index in [-0.39, 0.29) is 18.1 Å². The van der Waals surface area contributed by atoms with Gasteiger partial charge in [0.1, 0.15) is 6.10 Å². The highest BCUT2D eigenvalue weighted by molar-refractivity contribution is 7.99. The third kappa shape index (κ3) is 3.88. The number of amides is 2. The van der Waals surface area contributed by atoms with Crippen molar-refractivity contribution < 1.29 is 14.3 Å². The molecule has 0 saturated carbocycles. The summed E-state index contributed by atoms with van der Waals surface area (Å²) < 4.78 is 5.28. The Morgan fingerprint density at radius 1 is 1.39 bits per heavy atom. The van der Waals surface area contributed by atoms with Gasteiger partial charge in [0, 0.05) is 18.4 Å². The fourth-order valence-electron chi connectivity index (χ4n) is 2.74. The largest absolute Gasteiger partial charge is 0.442 e. The van der Waals surface area contributed by atoms with E-state index in [4.69, 9.17) is 4.74 Å². The number of hydrogen-bond donors (Lipinski definition) is 1. The number of carbonyl (C=O) groups is 2. The number of thioether (sulfide) groups is 1. The number of ether oxygens (including phenoxy) is 1. The molecular weight excluding hydrogens is 312 g/mol. The number of allylic oxidation sites excluding steroid dienone is 1. The average molecular weight is 332 g/mol. The van der Waals surface area contributed by atoms with E-state index in [1.165, 1.54) is 18.1 Å². The first kappa shape index (κ1) is 15.9. The maximum absolute atomic E-state index is 12.0.